The summed E-state index contributed by atoms with van der Waals surface area (Å²) < 4.78 is 16.5. The molecule has 8 heteroatoms. The first-order valence-corrected chi connectivity index (χ1v) is 11.9. The second-order valence-corrected chi connectivity index (χ2v) is 8.65. The summed E-state index contributed by atoms with van der Waals surface area (Å²) in [6.45, 7) is 10.0. The first-order valence-electron chi connectivity index (χ1n) is 11.5. The lowest BCUT2D eigenvalue weighted by atomic mass is 10.1. The van der Waals surface area contributed by atoms with Gasteiger partial charge in [0.05, 0.1) is 5.69 Å². The smallest absolute Gasteiger partial charge is 0.270 e. The number of carbonyl (C=O) groups is 2. The Morgan fingerprint density at radius 3 is 2.31 bits per heavy atom. The van der Waals surface area contributed by atoms with Crippen molar-refractivity contribution in [3.63, 3.8) is 0 Å². The van der Waals surface area contributed by atoms with Crippen molar-refractivity contribution in [2.24, 2.45) is 0 Å². The second kappa shape index (κ2) is 9.84. The Morgan fingerprint density at radius 2 is 1.69 bits per heavy atom. The van der Waals surface area contributed by atoms with Crippen molar-refractivity contribution in [3.8, 4) is 5.69 Å². The van der Waals surface area contributed by atoms with Crippen LogP contribution < -0.4 is 15.1 Å². The van der Waals surface area contributed by atoms with E-state index in [0.717, 1.165) is 46.3 Å². The van der Waals surface area contributed by atoms with Crippen LogP contribution in [0.25, 0.3) is 11.8 Å². The Balaban J connectivity index is 1.71. The molecule has 4 rings (SSSR count). The molecule has 0 bridgehead atoms. The van der Waals surface area contributed by atoms with Crippen LogP contribution in [0.4, 0.5) is 15.8 Å². The zero-order chi connectivity index (χ0) is 25.3. The number of nitrogens with zero attached hydrogens (tertiary/aromatic N) is 3. The van der Waals surface area contributed by atoms with Gasteiger partial charge in [0.25, 0.3) is 11.8 Å². The predicted octanol–water partition coefficient (Wildman–Crippen LogP) is 4.91. The number of anilines is 2. The van der Waals surface area contributed by atoms with Gasteiger partial charge in [0.1, 0.15) is 11.4 Å². The summed E-state index contributed by atoms with van der Waals surface area (Å²) in [6.07, 6.45) is 1.54. The molecule has 3 aromatic rings. The molecule has 1 aliphatic heterocycles. The van der Waals surface area contributed by atoms with Crippen molar-refractivity contribution in [1.29, 1.82) is 0 Å². The van der Waals surface area contributed by atoms with Crippen LogP contribution in [0, 0.1) is 19.7 Å². The summed E-state index contributed by atoms with van der Waals surface area (Å²) in [5, 5.41) is 2.36. The number of carbonyl (C=O) groups excluding carboxylic acids is 2. The van der Waals surface area contributed by atoms with E-state index in [1.54, 1.807) is 6.07 Å². The lowest BCUT2D eigenvalue weighted by molar-refractivity contribution is -0.122. The lowest BCUT2D eigenvalue weighted by Crippen LogP contribution is -2.54. The topological polar surface area (TPSA) is 57.6 Å². The van der Waals surface area contributed by atoms with Crippen LogP contribution in [0.3, 0.4) is 0 Å². The molecule has 0 aliphatic carbocycles. The van der Waals surface area contributed by atoms with Crippen LogP contribution in [0.5, 0.6) is 0 Å². The molecular weight excluding hydrogens is 463 g/mol. The Morgan fingerprint density at radius 1 is 1.03 bits per heavy atom. The molecular formula is C27H27FN4O2S. The van der Waals surface area contributed by atoms with Crippen LogP contribution >= 0.6 is 12.2 Å². The number of nitrogens with one attached hydrogen (secondary N) is 1. The lowest BCUT2D eigenvalue weighted by Gasteiger charge is -2.29. The molecule has 1 saturated heterocycles. The van der Waals surface area contributed by atoms with E-state index in [0.29, 0.717) is 0 Å². The summed E-state index contributed by atoms with van der Waals surface area (Å²) in [7, 11) is 0. The molecule has 0 radical (unpaired) electrons. The number of aromatic nitrogens is 1. The van der Waals surface area contributed by atoms with Gasteiger partial charge < -0.3 is 9.47 Å². The molecule has 2 heterocycles. The van der Waals surface area contributed by atoms with E-state index >= 15 is 0 Å². The minimum Gasteiger partial charge on any atom is -0.372 e. The van der Waals surface area contributed by atoms with Gasteiger partial charge in [-0.25, -0.2) is 9.29 Å². The summed E-state index contributed by atoms with van der Waals surface area (Å²) in [5.41, 5.74) is 4.56. The molecule has 0 saturated carbocycles. The van der Waals surface area contributed by atoms with Crippen molar-refractivity contribution < 1.29 is 14.0 Å². The largest absolute Gasteiger partial charge is 0.372 e. The summed E-state index contributed by atoms with van der Waals surface area (Å²) >= 11 is 5.17. The number of hydrogen-bond donors (Lipinski definition) is 1. The van der Waals surface area contributed by atoms with Gasteiger partial charge >= 0.3 is 0 Å². The molecule has 0 unspecified atom stereocenters. The third kappa shape index (κ3) is 4.49. The van der Waals surface area contributed by atoms with Gasteiger partial charge in [-0.1, -0.05) is 12.1 Å². The van der Waals surface area contributed by atoms with E-state index in [-0.39, 0.29) is 16.4 Å². The molecule has 1 aliphatic rings. The van der Waals surface area contributed by atoms with E-state index < -0.39 is 17.6 Å². The molecule has 1 N–H and O–H groups in total. The van der Waals surface area contributed by atoms with Crippen LogP contribution in [0.15, 0.2) is 60.2 Å². The first-order chi connectivity index (χ1) is 16.8. The van der Waals surface area contributed by atoms with Crippen molar-refractivity contribution >= 4 is 46.6 Å². The maximum Gasteiger partial charge on any atom is 0.270 e. The van der Waals surface area contributed by atoms with E-state index in [2.05, 4.69) is 52.9 Å². The average Bonchev–Trinajstić information content (AvgIpc) is 3.11. The molecule has 1 fully saturated rings. The number of rotatable bonds is 6. The average molecular weight is 491 g/mol. The molecule has 0 atom stereocenters. The Hall–Kier alpha value is -3.78. The van der Waals surface area contributed by atoms with E-state index in [9.17, 15) is 14.0 Å². The third-order valence-electron chi connectivity index (χ3n) is 6.20. The molecule has 35 heavy (non-hydrogen) atoms. The van der Waals surface area contributed by atoms with E-state index in [1.807, 2.05) is 19.9 Å². The Bertz CT molecular complexity index is 1340. The zero-order valence-electron chi connectivity index (χ0n) is 20.1. The van der Waals surface area contributed by atoms with Gasteiger partial charge in [0.15, 0.2) is 5.11 Å². The standard InChI is InChI=1S/C27H27FN4O2S/c1-5-30(6-2)20-11-13-21(14-12-20)31-17(3)15-19(18(31)4)16-22-25(33)29-27(35)32(26(22)34)24-10-8-7-9-23(24)28/h7-16H,5-6H2,1-4H3,(H,29,33,35)/b22-16+. The van der Waals surface area contributed by atoms with Crippen molar-refractivity contribution in [2.45, 2.75) is 27.7 Å². The number of amides is 2. The maximum atomic E-state index is 14.4. The number of thiocarbonyl (C=S) groups is 1. The zero-order valence-corrected chi connectivity index (χ0v) is 20.9. The van der Waals surface area contributed by atoms with Crippen molar-refractivity contribution in [2.75, 3.05) is 22.9 Å². The molecule has 2 aromatic carbocycles. The van der Waals surface area contributed by atoms with Gasteiger partial charge in [0.2, 0.25) is 0 Å². The minimum absolute atomic E-state index is 0.00725. The number of hydrogen-bond acceptors (Lipinski definition) is 4. The minimum atomic E-state index is -0.669. The molecule has 1 aromatic heterocycles. The van der Waals surface area contributed by atoms with Crippen molar-refractivity contribution in [3.05, 3.63) is 82.9 Å². The SMILES string of the molecule is CCN(CC)c1ccc(-n2c(C)cc(/C=C3\C(=O)NC(=S)N(c4ccccc4F)C3=O)c2C)cc1. The molecule has 6 nitrogen and oxygen atoms in total. The highest BCUT2D eigenvalue weighted by molar-refractivity contribution is 7.80. The quantitative estimate of drug-likeness (QED) is 0.303. The normalized spacial score (nSPS) is 15.1. The fraction of sp³-hybridized carbons (Fsp3) is 0.222. The highest BCUT2D eigenvalue weighted by Crippen LogP contribution is 2.28. The number of halogens is 1. The highest BCUT2D eigenvalue weighted by Gasteiger charge is 2.35. The van der Waals surface area contributed by atoms with Gasteiger partial charge in [-0.2, -0.15) is 0 Å². The van der Waals surface area contributed by atoms with Crippen LogP contribution in [0.2, 0.25) is 0 Å². The second-order valence-electron chi connectivity index (χ2n) is 8.26. The fourth-order valence-electron chi connectivity index (χ4n) is 4.40. The highest BCUT2D eigenvalue weighted by atomic mass is 32.1. The Kier molecular flexibility index (Phi) is 6.84. The van der Waals surface area contributed by atoms with Gasteiger partial charge in [-0.15, -0.1) is 0 Å². The van der Waals surface area contributed by atoms with Crippen LogP contribution in [-0.4, -0.2) is 34.6 Å². The fourth-order valence-corrected chi connectivity index (χ4v) is 4.67. The summed E-state index contributed by atoms with van der Waals surface area (Å²) in [5.74, 6) is -1.89. The summed E-state index contributed by atoms with van der Waals surface area (Å²) in [4.78, 5) is 29.2. The Labute approximate surface area is 209 Å². The van der Waals surface area contributed by atoms with Gasteiger partial charge in [-0.3, -0.25) is 14.9 Å². The number of aryl methyl sites for hydroxylation is 1. The van der Waals surface area contributed by atoms with Gasteiger partial charge in [-0.05, 0) is 94.0 Å². The molecule has 0 spiro atoms. The number of para-hydroxylation sites is 1. The van der Waals surface area contributed by atoms with E-state index in [1.165, 1.54) is 24.3 Å². The first kappa shape index (κ1) is 24.3. The van der Waals surface area contributed by atoms with E-state index in [4.69, 9.17) is 12.2 Å². The summed E-state index contributed by atoms with van der Waals surface area (Å²) in [6, 6.07) is 16.0. The predicted molar refractivity (Wildman–Crippen MR) is 141 cm³/mol. The van der Waals surface area contributed by atoms with Crippen LogP contribution in [0.1, 0.15) is 30.8 Å². The van der Waals surface area contributed by atoms with Crippen LogP contribution in [-0.2, 0) is 9.59 Å². The third-order valence-corrected chi connectivity index (χ3v) is 6.49. The maximum absolute atomic E-state index is 14.4. The monoisotopic (exact) mass is 490 g/mol. The molecule has 2 amide bonds. The van der Waals surface area contributed by atoms with Crippen molar-refractivity contribution in [1.82, 2.24) is 9.88 Å². The number of benzene rings is 2. The molecule has 180 valence electrons. The van der Waals surface area contributed by atoms with Gasteiger partial charge in [0, 0.05) is 35.9 Å².